The Morgan fingerprint density at radius 3 is 3.07 bits per heavy atom. The van der Waals surface area contributed by atoms with Crippen molar-refractivity contribution in [3.05, 3.63) is 51.9 Å². The third-order valence-corrected chi connectivity index (χ3v) is 2.06. The molecule has 4 heteroatoms. The molecule has 0 aromatic heterocycles. The van der Waals surface area contributed by atoms with Crippen molar-refractivity contribution in [2.45, 2.75) is 5.75 Å². The molecule has 0 heterocycles. The molecule has 1 aromatic rings. The molecule has 72 valence electrons. The summed E-state index contributed by atoms with van der Waals surface area (Å²) < 4.78 is 0. The molecule has 3 nitrogen and oxygen atoms in total. The third-order valence-electron chi connectivity index (χ3n) is 1.69. The minimum atomic E-state index is 0.390. The third kappa shape index (κ3) is 3.56. The van der Waals surface area contributed by atoms with Crippen LogP contribution in [0.1, 0.15) is 11.1 Å². The van der Waals surface area contributed by atoms with Crippen LogP contribution in [0.15, 0.2) is 35.5 Å². The number of rotatable bonds is 4. The van der Waals surface area contributed by atoms with Crippen LogP contribution in [0.3, 0.4) is 0 Å². The largest absolute Gasteiger partial charge is 0.175 e. The van der Waals surface area contributed by atoms with Crippen molar-refractivity contribution in [1.82, 2.24) is 0 Å². The van der Waals surface area contributed by atoms with Gasteiger partial charge < -0.3 is 0 Å². The van der Waals surface area contributed by atoms with E-state index in [1.54, 1.807) is 0 Å². The summed E-state index contributed by atoms with van der Waals surface area (Å²) in [5.41, 5.74) is 10.3. The highest BCUT2D eigenvalue weighted by Gasteiger charge is 1.89. The molecule has 0 radical (unpaired) electrons. The first-order chi connectivity index (χ1) is 6.86. The molecule has 0 fully saturated rings. The molecule has 0 spiro atoms. The van der Waals surface area contributed by atoms with Crippen molar-refractivity contribution in [1.29, 1.82) is 0 Å². The van der Waals surface area contributed by atoms with Crippen molar-refractivity contribution in [2.24, 2.45) is 5.11 Å². The van der Waals surface area contributed by atoms with Crippen LogP contribution in [0.4, 0.5) is 0 Å². The number of hydrogen-bond acceptors (Lipinski definition) is 2. The molecule has 0 unspecified atom stereocenters. The van der Waals surface area contributed by atoms with Crippen molar-refractivity contribution in [3.63, 3.8) is 0 Å². The minimum Gasteiger partial charge on any atom is -0.175 e. The van der Waals surface area contributed by atoms with E-state index in [-0.39, 0.29) is 0 Å². The molecule has 0 aliphatic carbocycles. The molecule has 0 N–H and O–H groups in total. The zero-order valence-electron chi connectivity index (χ0n) is 7.67. The van der Waals surface area contributed by atoms with Gasteiger partial charge in [0.2, 0.25) is 0 Å². The van der Waals surface area contributed by atoms with Gasteiger partial charge in [0.25, 0.3) is 0 Å². The lowest BCUT2D eigenvalue weighted by Gasteiger charge is -1.97. The Morgan fingerprint density at radius 2 is 2.36 bits per heavy atom. The van der Waals surface area contributed by atoms with E-state index in [0.29, 0.717) is 6.54 Å². The van der Waals surface area contributed by atoms with Crippen molar-refractivity contribution >= 4 is 18.7 Å². The van der Waals surface area contributed by atoms with E-state index < -0.39 is 0 Å². The van der Waals surface area contributed by atoms with Crippen LogP contribution >= 0.6 is 12.6 Å². The first-order valence-corrected chi connectivity index (χ1v) is 4.87. The summed E-state index contributed by atoms with van der Waals surface area (Å²) in [6.07, 6.45) is 3.76. The summed E-state index contributed by atoms with van der Waals surface area (Å²) in [6, 6.07) is 8.07. The van der Waals surface area contributed by atoms with E-state index in [0.717, 1.165) is 11.3 Å². The second-order valence-electron chi connectivity index (χ2n) is 2.72. The molecule has 1 aromatic carbocycles. The predicted molar refractivity (Wildman–Crippen MR) is 62.2 cm³/mol. The van der Waals surface area contributed by atoms with Crippen LogP contribution in [0.2, 0.25) is 0 Å². The average molecular weight is 205 g/mol. The lowest BCUT2D eigenvalue weighted by Crippen LogP contribution is -1.79. The molecule has 0 aliphatic heterocycles. The Kier molecular flexibility index (Phi) is 4.69. The van der Waals surface area contributed by atoms with Crippen molar-refractivity contribution in [3.8, 4) is 0 Å². The van der Waals surface area contributed by atoms with Gasteiger partial charge in [-0.3, -0.25) is 0 Å². The average Bonchev–Trinajstić information content (AvgIpc) is 2.25. The minimum absolute atomic E-state index is 0.390. The maximum absolute atomic E-state index is 8.06. The van der Waals surface area contributed by atoms with Gasteiger partial charge in [-0.15, -0.1) is 0 Å². The highest BCUT2D eigenvalue weighted by molar-refractivity contribution is 7.79. The summed E-state index contributed by atoms with van der Waals surface area (Å²) >= 11 is 4.19. The smallest absolute Gasteiger partial charge is 0.0443 e. The fourth-order valence-corrected chi connectivity index (χ4v) is 1.26. The highest BCUT2D eigenvalue weighted by Crippen LogP contribution is 2.08. The molecular formula is C10H11N3S. The van der Waals surface area contributed by atoms with Crippen LogP contribution < -0.4 is 0 Å². The second kappa shape index (κ2) is 6.13. The van der Waals surface area contributed by atoms with Crippen LogP contribution in [-0.2, 0) is 5.75 Å². The van der Waals surface area contributed by atoms with Crippen LogP contribution in [0, 0.1) is 0 Å². The normalized spacial score (nSPS) is 10.1. The van der Waals surface area contributed by atoms with Crippen LogP contribution in [0.25, 0.3) is 16.5 Å². The maximum Gasteiger partial charge on any atom is 0.0443 e. The Morgan fingerprint density at radius 1 is 1.50 bits per heavy atom. The van der Waals surface area contributed by atoms with Crippen LogP contribution in [-0.4, -0.2) is 6.54 Å². The van der Waals surface area contributed by atoms with E-state index in [1.165, 1.54) is 5.56 Å². The van der Waals surface area contributed by atoms with E-state index >= 15 is 0 Å². The van der Waals surface area contributed by atoms with Gasteiger partial charge in [0.05, 0.1) is 0 Å². The number of azide groups is 1. The monoisotopic (exact) mass is 205 g/mol. The summed E-state index contributed by atoms with van der Waals surface area (Å²) in [5.74, 6) is 0.734. The fraction of sp³-hybridized carbons (Fsp3) is 0.200. The summed E-state index contributed by atoms with van der Waals surface area (Å²) in [4.78, 5) is 2.66. The van der Waals surface area contributed by atoms with E-state index in [1.807, 2.05) is 30.4 Å². The van der Waals surface area contributed by atoms with Gasteiger partial charge in [-0.1, -0.05) is 41.5 Å². The van der Waals surface area contributed by atoms with Gasteiger partial charge in [0.1, 0.15) is 0 Å². The SMILES string of the molecule is [N-]=[N+]=NCC=Cc1cccc(CS)c1. The zero-order valence-corrected chi connectivity index (χ0v) is 8.56. The molecule has 0 amide bonds. The topological polar surface area (TPSA) is 48.8 Å². The lowest BCUT2D eigenvalue weighted by molar-refractivity contribution is 1.22. The van der Waals surface area contributed by atoms with E-state index in [9.17, 15) is 0 Å². The Balaban J connectivity index is 2.66. The number of thiol groups is 1. The van der Waals surface area contributed by atoms with Gasteiger partial charge in [-0.05, 0) is 16.7 Å². The number of hydrogen-bond donors (Lipinski definition) is 1. The van der Waals surface area contributed by atoms with E-state index in [2.05, 4.69) is 28.7 Å². The van der Waals surface area contributed by atoms with E-state index in [4.69, 9.17) is 5.53 Å². The Hall–Kier alpha value is -1.38. The Bertz CT molecular complexity index is 367. The Labute approximate surface area is 88.5 Å². The van der Waals surface area contributed by atoms with Gasteiger partial charge in [-0.2, -0.15) is 12.6 Å². The molecule has 0 saturated carbocycles. The van der Waals surface area contributed by atoms with Gasteiger partial charge in [0.15, 0.2) is 0 Å². The number of nitrogens with zero attached hydrogens (tertiary/aromatic N) is 3. The lowest BCUT2D eigenvalue weighted by atomic mass is 10.1. The standard InChI is InChI=1S/C10H11N3S/c11-13-12-6-2-5-9-3-1-4-10(7-9)8-14/h1-5,7,14H,6,8H2. The zero-order chi connectivity index (χ0) is 10.2. The molecule has 0 saturated heterocycles. The fourth-order valence-electron chi connectivity index (χ4n) is 1.07. The second-order valence-corrected chi connectivity index (χ2v) is 3.04. The summed E-state index contributed by atoms with van der Waals surface area (Å²) in [5, 5.41) is 3.41. The molecule has 0 aliphatic rings. The van der Waals surface area contributed by atoms with Gasteiger partial charge >= 0.3 is 0 Å². The van der Waals surface area contributed by atoms with Crippen molar-refractivity contribution in [2.75, 3.05) is 6.54 Å². The quantitative estimate of drug-likeness (QED) is 0.339. The maximum atomic E-state index is 8.06. The molecule has 1 rings (SSSR count). The molecule has 0 atom stereocenters. The summed E-state index contributed by atoms with van der Waals surface area (Å²) in [7, 11) is 0. The molecule has 14 heavy (non-hydrogen) atoms. The number of benzene rings is 1. The van der Waals surface area contributed by atoms with Gasteiger partial charge in [-0.25, -0.2) is 0 Å². The molecular weight excluding hydrogens is 194 g/mol. The first-order valence-electron chi connectivity index (χ1n) is 4.24. The highest BCUT2D eigenvalue weighted by atomic mass is 32.1. The molecule has 0 bridgehead atoms. The van der Waals surface area contributed by atoms with Crippen molar-refractivity contribution < 1.29 is 0 Å². The predicted octanol–water partition coefficient (Wildman–Crippen LogP) is 3.44. The van der Waals surface area contributed by atoms with Crippen LogP contribution in [0.5, 0.6) is 0 Å². The summed E-state index contributed by atoms with van der Waals surface area (Å²) in [6.45, 7) is 0.390. The first kappa shape index (κ1) is 10.7. The van der Waals surface area contributed by atoms with Gasteiger partial charge in [0, 0.05) is 17.2 Å².